The Morgan fingerprint density at radius 1 is 0.241 bits per heavy atom. The van der Waals surface area contributed by atoms with E-state index >= 15 is 0 Å². The van der Waals surface area contributed by atoms with E-state index < -0.39 is 0 Å². The first-order valence-corrected chi connectivity index (χ1v) is 26.2. The van der Waals surface area contributed by atoms with Gasteiger partial charge in [0.15, 0.2) is 0 Å². The van der Waals surface area contributed by atoms with E-state index in [0.717, 1.165) is 6.54 Å². The third kappa shape index (κ3) is 44.6. The minimum Gasteiger partial charge on any atom is -0.314 e. The number of hydrogen-bond donors (Lipinski definition) is 1. The van der Waals surface area contributed by atoms with Crippen LogP contribution in [0.3, 0.4) is 0 Å². The van der Waals surface area contributed by atoms with Crippen molar-refractivity contribution in [3.05, 3.63) is 0 Å². The molecule has 0 aliphatic carbocycles. The Hall–Kier alpha value is -0.0800. The van der Waals surface area contributed by atoms with Gasteiger partial charge in [0.05, 0.1) is 0 Å². The molecule has 0 heterocycles. The molecular formula is C52H107NO. The fourth-order valence-corrected chi connectivity index (χ4v) is 8.77. The Morgan fingerprint density at radius 2 is 0.407 bits per heavy atom. The van der Waals surface area contributed by atoms with E-state index in [0.29, 0.717) is 6.04 Å². The van der Waals surface area contributed by atoms with Crippen molar-refractivity contribution < 1.29 is 5.21 Å². The lowest BCUT2D eigenvalue weighted by atomic mass is 9.98. The molecule has 0 amide bonds. The van der Waals surface area contributed by atoms with E-state index in [1.807, 2.05) is 0 Å². The predicted octanol–water partition coefficient (Wildman–Crippen LogP) is 19.4. The van der Waals surface area contributed by atoms with Gasteiger partial charge in [-0.05, 0) is 19.3 Å². The molecule has 0 fully saturated rings. The van der Waals surface area contributed by atoms with Crippen LogP contribution in [0.4, 0.5) is 0 Å². The maximum absolute atomic E-state index is 11.2. The van der Waals surface area contributed by atoms with E-state index in [-0.39, 0.29) is 0 Å². The van der Waals surface area contributed by atoms with Gasteiger partial charge in [0, 0.05) is 12.6 Å². The van der Waals surface area contributed by atoms with E-state index in [1.54, 1.807) is 5.06 Å². The number of unbranched alkanes of at least 4 members (excludes halogenated alkanes) is 42. The molecule has 0 aliphatic heterocycles. The lowest BCUT2D eigenvalue weighted by Crippen LogP contribution is -2.33. The summed E-state index contributed by atoms with van der Waals surface area (Å²) in [6, 6.07) is 0.389. The van der Waals surface area contributed by atoms with Gasteiger partial charge in [-0.2, -0.15) is 5.06 Å². The number of rotatable bonds is 49. The lowest BCUT2D eigenvalue weighted by Gasteiger charge is -2.26. The van der Waals surface area contributed by atoms with Crippen molar-refractivity contribution in [3.63, 3.8) is 0 Å². The zero-order chi connectivity index (χ0) is 39.1. The van der Waals surface area contributed by atoms with Gasteiger partial charge in [-0.3, -0.25) is 0 Å². The van der Waals surface area contributed by atoms with Crippen molar-refractivity contribution in [1.82, 2.24) is 5.06 Å². The van der Waals surface area contributed by atoms with Gasteiger partial charge in [-0.15, -0.1) is 0 Å². The van der Waals surface area contributed by atoms with Crippen molar-refractivity contribution in [2.24, 2.45) is 0 Å². The monoisotopic (exact) mass is 762 g/mol. The van der Waals surface area contributed by atoms with Crippen LogP contribution in [0.5, 0.6) is 0 Å². The van der Waals surface area contributed by atoms with Crippen LogP contribution in [-0.4, -0.2) is 22.9 Å². The topological polar surface area (TPSA) is 23.5 Å². The van der Waals surface area contributed by atoms with Gasteiger partial charge in [-0.1, -0.05) is 303 Å². The zero-order valence-corrected chi connectivity index (χ0v) is 38.4. The average molecular weight is 762 g/mol. The van der Waals surface area contributed by atoms with Crippen LogP contribution in [0.2, 0.25) is 0 Å². The molecule has 0 aromatic carbocycles. The molecule has 1 N–H and O–H groups in total. The summed E-state index contributed by atoms with van der Waals surface area (Å²) in [6.45, 7) is 7.82. The maximum Gasteiger partial charge on any atom is 0.0350 e. The number of hydroxylamine groups is 2. The molecule has 326 valence electrons. The first kappa shape index (κ1) is 53.9. The summed E-state index contributed by atoms with van der Waals surface area (Å²) in [5.41, 5.74) is 0. The molecule has 0 spiro atoms. The number of nitrogens with zero attached hydrogens (tertiary/aromatic N) is 1. The fourth-order valence-electron chi connectivity index (χ4n) is 8.77. The van der Waals surface area contributed by atoms with Crippen molar-refractivity contribution in [3.8, 4) is 0 Å². The van der Waals surface area contributed by atoms with Crippen LogP contribution in [0.15, 0.2) is 0 Å². The molecule has 2 heteroatoms. The smallest absolute Gasteiger partial charge is 0.0350 e. The standard InChI is InChI=1S/C52H107NO/c1-4-7-10-13-16-19-22-25-28-30-33-36-39-42-45-48-51-53(54)52(49-46-43-40-37-34-31-27-24-21-18-15-12-9-6-3)50-47-44-41-38-35-32-29-26-23-20-17-14-11-8-5-2/h52,54H,4-51H2,1-3H3. The van der Waals surface area contributed by atoms with Crippen LogP contribution < -0.4 is 0 Å². The van der Waals surface area contributed by atoms with Gasteiger partial charge >= 0.3 is 0 Å². The van der Waals surface area contributed by atoms with Crippen molar-refractivity contribution >= 4 is 0 Å². The molecule has 0 rings (SSSR count). The molecule has 0 saturated carbocycles. The molecular weight excluding hydrogens is 655 g/mol. The lowest BCUT2D eigenvalue weighted by molar-refractivity contribution is -0.132. The second-order valence-corrected chi connectivity index (χ2v) is 18.2. The molecule has 2 nitrogen and oxygen atoms in total. The largest absolute Gasteiger partial charge is 0.314 e. The molecule has 1 atom stereocenters. The maximum atomic E-state index is 11.2. The Balaban J connectivity index is 4.06. The predicted molar refractivity (Wildman–Crippen MR) is 246 cm³/mol. The van der Waals surface area contributed by atoms with Gasteiger partial charge in [0.1, 0.15) is 0 Å². The summed E-state index contributed by atoms with van der Waals surface area (Å²) < 4.78 is 0. The van der Waals surface area contributed by atoms with Gasteiger partial charge < -0.3 is 5.21 Å². The normalized spacial score (nSPS) is 12.4. The number of hydrogen-bond acceptors (Lipinski definition) is 2. The van der Waals surface area contributed by atoms with E-state index in [4.69, 9.17) is 0 Å². The first-order chi connectivity index (χ1) is 26.8. The van der Waals surface area contributed by atoms with Crippen molar-refractivity contribution in [2.45, 2.75) is 329 Å². The van der Waals surface area contributed by atoms with Gasteiger partial charge in [0.2, 0.25) is 0 Å². The summed E-state index contributed by atoms with van der Waals surface area (Å²) in [5, 5.41) is 13.0. The minimum absolute atomic E-state index is 0.389. The highest BCUT2D eigenvalue weighted by molar-refractivity contribution is 4.67. The van der Waals surface area contributed by atoms with E-state index in [1.165, 1.54) is 302 Å². The third-order valence-electron chi connectivity index (χ3n) is 12.7. The summed E-state index contributed by atoms with van der Waals surface area (Å²) in [7, 11) is 0. The molecule has 1 unspecified atom stereocenters. The Labute approximate surface area is 344 Å². The highest BCUT2D eigenvalue weighted by Gasteiger charge is 2.16. The summed E-state index contributed by atoms with van der Waals surface area (Å²) in [4.78, 5) is 0. The molecule has 0 radical (unpaired) electrons. The van der Waals surface area contributed by atoms with E-state index in [2.05, 4.69) is 20.8 Å². The highest BCUT2D eigenvalue weighted by atomic mass is 16.5. The summed E-state index contributed by atoms with van der Waals surface area (Å²) >= 11 is 0. The van der Waals surface area contributed by atoms with Gasteiger partial charge in [0.25, 0.3) is 0 Å². The summed E-state index contributed by atoms with van der Waals surface area (Å²) in [5.74, 6) is 0. The minimum atomic E-state index is 0.389. The SMILES string of the molecule is CCCCCCCCCCCCCCCCCCN(O)C(CCCCCCCCCCCCCCCC)CCCCCCCCCCCCCCCCC. The molecule has 0 aliphatic rings. The molecule has 0 saturated heterocycles. The van der Waals surface area contributed by atoms with Crippen LogP contribution in [-0.2, 0) is 0 Å². The highest BCUT2D eigenvalue weighted by Crippen LogP contribution is 2.21. The Morgan fingerprint density at radius 3 is 0.611 bits per heavy atom. The molecule has 0 aromatic rings. The van der Waals surface area contributed by atoms with Crippen molar-refractivity contribution in [2.75, 3.05) is 6.54 Å². The Kier molecular flexibility index (Phi) is 49.0. The summed E-state index contributed by atoms with van der Waals surface area (Å²) in [6.07, 6.45) is 66.1. The van der Waals surface area contributed by atoms with Crippen LogP contribution >= 0.6 is 0 Å². The van der Waals surface area contributed by atoms with E-state index in [9.17, 15) is 5.21 Å². The molecule has 54 heavy (non-hydrogen) atoms. The van der Waals surface area contributed by atoms with Gasteiger partial charge in [-0.25, -0.2) is 0 Å². The van der Waals surface area contributed by atoms with Crippen LogP contribution in [0.25, 0.3) is 0 Å². The quantitative estimate of drug-likeness (QED) is 0.0493. The third-order valence-corrected chi connectivity index (χ3v) is 12.7. The zero-order valence-electron chi connectivity index (χ0n) is 38.4. The Bertz CT molecular complexity index is 636. The fraction of sp³-hybridized carbons (Fsp3) is 1.00. The van der Waals surface area contributed by atoms with Crippen molar-refractivity contribution in [1.29, 1.82) is 0 Å². The van der Waals surface area contributed by atoms with Crippen LogP contribution in [0.1, 0.15) is 323 Å². The molecule has 0 bridgehead atoms. The second-order valence-electron chi connectivity index (χ2n) is 18.2. The first-order valence-electron chi connectivity index (χ1n) is 26.2. The second kappa shape index (κ2) is 49.1. The average Bonchev–Trinajstić information content (AvgIpc) is 3.18. The molecule has 0 aromatic heterocycles. The van der Waals surface area contributed by atoms with Crippen LogP contribution in [0, 0.1) is 0 Å².